The Labute approximate surface area is 160 Å². The van der Waals surface area contributed by atoms with Gasteiger partial charge in [-0.2, -0.15) is 0 Å². The molecule has 0 atom stereocenters. The van der Waals surface area contributed by atoms with E-state index in [-0.39, 0.29) is 23.0 Å². The number of carbonyl (C=O) groups excluding carboxylic acids is 1. The average molecular weight is 385 g/mol. The van der Waals surface area contributed by atoms with Gasteiger partial charge in [-0.25, -0.2) is 9.37 Å². The zero-order valence-corrected chi connectivity index (χ0v) is 16.0. The number of fused-ring (bicyclic) bond motifs is 1. The predicted octanol–water partition coefficient (Wildman–Crippen LogP) is 3.98. The number of nitrogens with one attached hydrogen (secondary N) is 1. The zero-order chi connectivity index (χ0) is 19.4. The maximum atomic E-state index is 13.2. The highest BCUT2D eigenvalue weighted by molar-refractivity contribution is 7.99. The Kier molecular flexibility index (Phi) is 5.91. The molecule has 27 heavy (non-hydrogen) atoms. The third-order valence-corrected chi connectivity index (χ3v) is 5.05. The molecule has 0 radical (unpaired) electrons. The molecule has 0 saturated carbocycles. The molecule has 0 aliphatic rings. The number of halogens is 1. The lowest BCUT2D eigenvalue weighted by molar-refractivity contribution is -0.113. The van der Waals surface area contributed by atoms with Crippen LogP contribution in [-0.2, 0) is 11.3 Å². The molecule has 0 unspecified atom stereocenters. The topological polar surface area (TPSA) is 64.0 Å². The van der Waals surface area contributed by atoms with Crippen LogP contribution in [0.25, 0.3) is 10.9 Å². The van der Waals surface area contributed by atoms with Gasteiger partial charge in [0.05, 0.1) is 16.7 Å². The number of anilines is 1. The lowest BCUT2D eigenvalue weighted by Gasteiger charge is -2.12. The third-order valence-electron chi connectivity index (χ3n) is 4.07. The minimum atomic E-state index is -0.344. The van der Waals surface area contributed by atoms with Crippen LogP contribution in [0.1, 0.15) is 18.9 Å². The quantitative estimate of drug-likeness (QED) is 0.515. The van der Waals surface area contributed by atoms with Crippen LogP contribution in [0.15, 0.2) is 52.4 Å². The van der Waals surface area contributed by atoms with Crippen molar-refractivity contribution in [1.82, 2.24) is 9.55 Å². The Morgan fingerprint density at radius 2 is 2.04 bits per heavy atom. The van der Waals surface area contributed by atoms with Gasteiger partial charge in [-0.3, -0.25) is 14.2 Å². The molecule has 1 aromatic heterocycles. The van der Waals surface area contributed by atoms with Gasteiger partial charge in [0.15, 0.2) is 5.16 Å². The molecule has 2 aromatic carbocycles. The number of aromatic nitrogens is 2. The van der Waals surface area contributed by atoms with Gasteiger partial charge in [0.25, 0.3) is 5.56 Å². The van der Waals surface area contributed by atoms with E-state index in [2.05, 4.69) is 10.3 Å². The Bertz CT molecular complexity index is 1050. The normalized spacial score (nSPS) is 10.9. The van der Waals surface area contributed by atoms with Crippen molar-refractivity contribution >= 4 is 34.3 Å². The van der Waals surface area contributed by atoms with Crippen molar-refractivity contribution in [2.75, 3.05) is 11.1 Å². The maximum Gasteiger partial charge on any atom is 0.262 e. The Balaban J connectivity index is 1.80. The van der Waals surface area contributed by atoms with Crippen molar-refractivity contribution in [3.05, 3.63) is 64.2 Å². The van der Waals surface area contributed by atoms with Crippen LogP contribution in [0.5, 0.6) is 0 Å². The SMILES string of the molecule is CCCn1c(SCC(=O)Nc2ccc(F)cc2C)nc2ccccc2c1=O. The van der Waals surface area contributed by atoms with Gasteiger partial charge in [-0.05, 0) is 49.2 Å². The van der Waals surface area contributed by atoms with E-state index in [1.54, 1.807) is 23.6 Å². The first-order valence-corrected chi connectivity index (χ1v) is 9.66. The molecule has 0 fully saturated rings. The number of nitrogens with zero attached hydrogens (tertiary/aromatic N) is 2. The summed E-state index contributed by atoms with van der Waals surface area (Å²) in [6.07, 6.45) is 0.786. The fraction of sp³-hybridized carbons (Fsp3) is 0.250. The summed E-state index contributed by atoms with van der Waals surface area (Å²) in [4.78, 5) is 29.6. The largest absolute Gasteiger partial charge is 0.325 e. The smallest absolute Gasteiger partial charge is 0.262 e. The van der Waals surface area contributed by atoms with E-state index in [4.69, 9.17) is 0 Å². The summed E-state index contributed by atoms with van der Waals surface area (Å²) in [5.41, 5.74) is 1.74. The van der Waals surface area contributed by atoms with E-state index < -0.39 is 0 Å². The van der Waals surface area contributed by atoms with Crippen molar-refractivity contribution in [1.29, 1.82) is 0 Å². The fourth-order valence-electron chi connectivity index (χ4n) is 2.76. The van der Waals surface area contributed by atoms with E-state index in [9.17, 15) is 14.0 Å². The first-order chi connectivity index (χ1) is 13.0. The Morgan fingerprint density at radius 3 is 2.78 bits per heavy atom. The van der Waals surface area contributed by atoms with Crippen LogP contribution in [0.2, 0.25) is 0 Å². The first kappa shape index (κ1) is 19.1. The highest BCUT2D eigenvalue weighted by Crippen LogP contribution is 2.20. The second kappa shape index (κ2) is 8.35. The molecule has 1 heterocycles. The van der Waals surface area contributed by atoms with Crippen molar-refractivity contribution in [3.8, 4) is 0 Å². The summed E-state index contributed by atoms with van der Waals surface area (Å²) >= 11 is 1.22. The molecule has 0 aliphatic carbocycles. The predicted molar refractivity (Wildman–Crippen MR) is 107 cm³/mol. The minimum absolute atomic E-state index is 0.0975. The number of amides is 1. The Hall–Kier alpha value is -2.67. The van der Waals surface area contributed by atoms with Crippen LogP contribution in [0.4, 0.5) is 10.1 Å². The van der Waals surface area contributed by atoms with Gasteiger partial charge in [-0.1, -0.05) is 30.8 Å². The van der Waals surface area contributed by atoms with Gasteiger partial charge < -0.3 is 5.32 Å². The molecule has 1 amide bonds. The van der Waals surface area contributed by atoms with Gasteiger partial charge >= 0.3 is 0 Å². The van der Waals surface area contributed by atoms with Gasteiger partial charge in [0.1, 0.15) is 5.82 Å². The lowest BCUT2D eigenvalue weighted by Crippen LogP contribution is -2.24. The molecule has 5 nitrogen and oxygen atoms in total. The van der Waals surface area contributed by atoms with Crippen LogP contribution >= 0.6 is 11.8 Å². The number of benzene rings is 2. The molecule has 1 N–H and O–H groups in total. The minimum Gasteiger partial charge on any atom is -0.325 e. The molecule has 3 aromatic rings. The molecule has 0 aliphatic heterocycles. The van der Waals surface area contributed by atoms with E-state index >= 15 is 0 Å². The molecule has 7 heteroatoms. The lowest BCUT2D eigenvalue weighted by atomic mass is 10.2. The van der Waals surface area contributed by atoms with Gasteiger partial charge in [0.2, 0.25) is 5.91 Å². The number of aryl methyl sites for hydroxylation is 1. The summed E-state index contributed by atoms with van der Waals surface area (Å²) in [5, 5.41) is 3.86. The number of thioether (sulfide) groups is 1. The van der Waals surface area contributed by atoms with Gasteiger partial charge in [-0.15, -0.1) is 0 Å². The number of para-hydroxylation sites is 1. The first-order valence-electron chi connectivity index (χ1n) is 8.68. The second-order valence-electron chi connectivity index (χ2n) is 6.16. The van der Waals surface area contributed by atoms with Gasteiger partial charge in [0, 0.05) is 12.2 Å². The summed E-state index contributed by atoms with van der Waals surface area (Å²) in [7, 11) is 0. The highest BCUT2D eigenvalue weighted by atomic mass is 32.2. The molecule has 0 bridgehead atoms. The van der Waals surface area contributed by atoms with Crippen molar-refractivity contribution in [2.45, 2.75) is 32.0 Å². The van der Waals surface area contributed by atoms with E-state index in [0.717, 1.165) is 6.42 Å². The summed E-state index contributed by atoms with van der Waals surface area (Å²) < 4.78 is 14.8. The van der Waals surface area contributed by atoms with E-state index in [1.807, 2.05) is 19.1 Å². The van der Waals surface area contributed by atoms with E-state index in [1.165, 1.54) is 30.0 Å². The van der Waals surface area contributed by atoms with Crippen molar-refractivity contribution in [3.63, 3.8) is 0 Å². The monoisotopic (exact) mass is 385 g/mol. The van der Waals surface area contributed by atoms with Crippen LogP contribution in [-0.4, -0.2) is 21.2 Å². The van der Waals surface area contributed by atoms with Crippen molar-refractivity contribution < 1.29 is 9.18 Å². The number of carbonyl (C=O) groups is 1. The average Bonchev–Trinajstić information content (AvgIpc) is 2.65. The number of hydrogen-bond acceptors (Lipinski definition) is 4. The second-order valence-corrected chi connectivity index (χ2v) is 7.11. The van der Waals surface area contributed by atoms with Crippen LogP contribution in [0.3, 0.4) is 0 Å². The zero-order valence-electron chi connectivity index (χ0n) is 15.2. The molecule has 140 valence electrons. The summed E-state index contributed by atoms with van der Waals surface area (Å²) in [6.45, 7) is 4.26. The summed E-state index contributed by atoms with van der Waals surface area (Å²) in [6, 6.07) is 11.4. The fourth-order valence-corrected chi connectivity index (χ4v) is 3.59. The standard InChI is InChI=1S/C20H20FN3O2S/c1-3-10-24-19(26)15-6-4-5-7-17(15)23-20(24)27-12-18(25)22-16-9-8-14(21)11-13(16)2/h4-9,11H,3,10,12H2,1-2H3,(H,22,25). The van der Waals surface area contributed by atoms with Crippen molar-refractivity contribution in [2.24, 2.45) is 0 Å². The third kappa shape index (κ3) is 4.36. The summed E-state index contributed by atoms with van der Waals surface area (Å²) in [5.74, 6) is -0.477. The van der Waals surface area contributed by atoms with E-state index in [0.29, 0.717) is 33.9 Å². The van der Waals surface area contributed by atoms with Crippen LogP contribution < -0.4 is 10.9 Å². The van der Waals surface area contributed by atoms with Crippen LogP contribution in [0, 0.1) is 12.7 Å². The molecular formula is C20H20FN3O2S. The highest BCUT2D eigenvalue weighted by Gasteiger charge is 2.13. The molecule has 0 spiro atoms. The maximum absolute atomic E-state index is 13.2. The molecule has 0 saturated heterocycles. The molecular weight excluding hydrogens is 365 g/mol. The number of rotatable bonds is 6. The molecule has 3 rings (SSSR count). The Morgan fingerprint density at radius 1 is 1.26 bits per heavy atom. The number of hydrogen-bond donors (Lipinski definition) is 1.